The molecule has 3 rings (SSSR count). The van der Waals surface area contributed by atoms with Crippen LogP contribution in [0.25, 0.3) is 5.57 Å². The number of ether oxygens (including phenoxy) is 1. The van der Waals surface area contributed by atoms with Gasteiger partial charge >= 0.3 is 0 Å². The zero-order chi connectivity index (χ0) is 14.5. The molecule has 108 valence electrons. The van der Waals surface area contributed by atoms with Gasteiger partial charge in [0.2, 0.25) is 0 Å². The maximum absolute atomic E-state index is 6.06. The van der Waals surface area contributed by atoms with Crippen LogP contribution in [0.5, 0.6) is 5.75 Å². The van der Waals surface area contributed by atoms with Crippen molar-refractivity contribution < 1.29 is 4.74 Å². The second-order valence-electron chi connectivity index (χ2n) is 4.96. The Kier molecular flexibility index (Phi) is 4.53. The van der Waals surface area contributed by atoms with Crippen LogP contribution in [0.1, 0.15) is 17.5 Å². The van der Waals surface area contributed by atoms with Gasteiger partial charge in [0.25, 0.3) is 0 Å². The van der Waals surface area contributed by atoms with Crippen molar-refractivity contribution in [1.82, 2.24) is 10.3 Å². The summed E-state index contributed by atoms with van der Waals surface area (Å²) in [5.74, 6) is 0.848. The van der Waals surface area contributed by atoms with Crippen LogP contribution < -0.4 is 10.1 Å². The number of nitrogens with one attached hydrogen (secondary N) is 1. The molecule has 0 saturated heterocycles. The third-order valence-corrected chi connectivity index (χ3v) is 3.88. The normalized spacial score (nSPS) is 14.6. The summed E-state index contributed by atoms with van der Waals surface area (Å²) in [6.07, 6.45) is 6.67. The number of hydrogen-bond acceptors (Lipinski definition) is 3. The highest BCUT2D eigenvalue weighted by Crippen LogP contribution is 2.23. The molecule has 0 saturated carbocycles. The lowest BCUT2D eigenvalue weighted by Crippen LogP contribution is -2.19. The smallest absolute Gasteiger partial charge is 0.119 e. The van der Waals surface area contributed by atoms with Gasteiger partial charge in [-0.3, -0.25) is 4.98 Å². The third kappa shape index (κ3) is 3.63. The Hall–Kier alpha value is -1.84. The predicted molar refractivity (Wildman–Crippen MR) is 85.5 cm³/mol. The highest BCUT2D eigenvalue weighted by Gasteiger charge is 2.06. The molecule has 1 aromatic carbocycles. The van der Waals surface area contributed by atoms with Crippen LogP contribution in [0.2, 0.25) is 5.02 Å². The van der Waals surface area contributed by atoms with E-state index in [9.17, 15) is 0 Å². The lowest BCUT2D eigenvalue weighted by Gasteiger charge is -2.14. The maximum atomic E-state index is 6.06. The molecule has 0 radical (unpaired) electrons. The summed E-state index contributed by atoms with van der Waals surface area (Å²) in [5.41, 5.74) is 3.61. The quantitative estimate of drug-likeness (QED) is 0.935. The highest BCUT2D eigenvalue weighted by molar-refractivity contribution is 6.31. The van der Waals surface area contributed by atoms with Gasteiger partial charge < -0.3 is 10.1 Å². The van der Waals surface area contributed by atoms with Crippen LogP contribution in [0.4, 0.5) is 0 Å². The molecule has 0 aliphatic carbocycles. The Morgan fingerprint density at radius 1 is 1.19 bits per heavy atom. The Labute approximate surface area is 129 Å². The molecule has 0 bridgehead atoms. The maximum Gasteiger partial charge on any atom is 0.119 e. The highest BCUT2D eigenvalue weighted by atomic mass is 35.5. The number of benzene rings is 1. The van der Waals surface area contributed by atoms with Crippen molar-refractivity contribution in [1.29, 1.82) is 0 Å². The van der Waals surface area contributed by atoms with Crippen molar-refractivity contribution in [3.05, 3.63) is 65.0 Å². The fourth-order valence-electron chi connectivity index (χ4n) is 2.33. The SMILES string of the molecule is Clc1cnccc1COc1ccc(C2=CCNCC2)cc1. The summed E-state index contributed by atoms with van der Waals surface area (Å²) in [7, 11) is 0. The minimum Gasteiger partial charge on any atom is -0.489 e. The van der Waals surface area contributed by atoms with Crippen molar-refractivity contribution in [3.63, 3.8) is 0 Å². The first-order valence-electron chi connectivity index (χ1n) is 7.04. The average Bonchev–Trinajstić information content (AvgIpc) is 2.55. The molecule has 0 atom stereocenters. The number of nitrogens with zero attached hydrogens (tertiary/aromatic N) is 1. The summed E-state index contributed by atoms with van der Waals surface area (Å²) in [5, 5.41) is 3.95. The van der Waals surface area contributed by atoms with E-state index in [1.54, 1.807) is 12.4 Å². The Balaban J connectivity index is 1.65. The van der Waals surface area contributed by atoms with Gasteiger partial charge in [-0.25, -0.2) is 0 Å². The van der Waals surface area contributed by atoms with Crippen LogP contribution in [-0.4, -0.2) is 18.1 Å². The van der Waals surface area contributed by atoms with Crippen molar-refractivity contribution in [2.75, 3.05) is 13.1 Å². The van der Waals surface area contributed by atoms with Gasteiger partial charge in [-0.05, 0) is 42.3 Å². The van der Waals surface area contributed by atoms with E-state index in [1.807, 2.05) is 18.2 Å². The number of halogens is 1. The zero-order valence-corrected chi connectivity index (χ0v) is 12.4. The van der Waals surface area contributed by atoms with E-state index in [4.69, 9.17) is 16.3 Å². The molecule has 1 N–H and O–H groups in total. The molecule has 0 fully saturated rings. The number of aromatic nitrogens is 1. The standard InChI is InChI=1S/C17H17ClN2O/c18-17-11-20-10-7-15(17)12-21-16-3-1-13(2-4-16)14-5-8-19-9-6-14/h1-5,7,10-11,19H,6,8-9,12H2. The van der Waals surface area contributed by atoms with Crippen LogP contribution in [0.15, 0.2) is 48.8 Å². The number of hydrogen-bond donors (Lipinski definition) is 1. The van der Waals surface area contributed by atoms with Gasteiger partial charge in [0, 0.05) is 24.5 Å². The largest absolute Gasteiger partial charge is 0.489 e. The molecular formula is C17H17ClN2O. The second-order valence-corrected chi connectivity index (χ2v) is 5.37. The van der Waals surface area contributed by atoms with Gasteiger partial charge in [-0.1, -0.05) is 29.8 Å². The summed E-state index contributed by atoms with van der Waals surface area (Å²) < 4.78 is 5.77. The second kappa shape index (κ2) is 6.74. The molecule has 0 unspecified atom stereocenters. The first-order valence-corrected chi connectivity index (χ1v) is 7.42. The fraction of sp³-hybridized carbons (Fsp3) is 0.235. The molecule has 1 aliphatic heterocycles. The van der Waals surface area contributed by atoms with Crippen molar-refractivity contribution in [2.24, 2.45) is 0 Å². The van der Waals surface area contributed by atoms with Crippen molar-refractivity contribution in [3.8, 4) is 5.75 Å². The Morgan fingerprint density at radius 2 is 2.05 bits per heavy atom. The molecule has 2 aromatic rings. The molecule has 21 heavy (non-hydrogen) atoms. The van der Waals surface area contributed by atoms with E-state index < -0.39 is 0 Å². The van der Waals surface area contributed by atoms with Crippen LogP contribution >= 0.6 is 11.6 Å². The molecule has 4 heteroatoms. The van der Waals surface area contributed by atoms with E-state index >= 15 is 0 Å². The van der Waals surface area contributed by atoms with Crippen LogP contribution in [0.3, 0.4) is 0 Å². The fourth-order valence-corrected chi connectivity index (χ4v) is 2.51. The van der Waals surface area contributed by atoms with E-state index in [1.165, 1.54) is 11.1 Å². The van der Waals surface area contributed by atoms with E-state index in [0.717, 1.165) is 30.8 Å². The van der Waals surface area contributed by atoms with E-state index in [0.29, 0.717) is 11.6 Å². The van der Waals surface area contributed by atoms with Gasteiger partial charge in [0.15, 0.2) is 0 Å². The summed E-state index contributed by atoms with van der Waals surface area (Å²) >= 11 is 6.06. The van der Waals surface area contributed by atoms with Crippen LogP contribution in [0, 0.1) is 0 Å². The number of rotatable bonds is 4. The van der Waals surface area contributed by atoms with Crippen molar-refractivity contribution >= 4 is 17.2 Å². The molecule has 1 aliphatic rings. The van der Waals surface area contributed by atoms with Crippen LogP contribution in [-0.2, 0) is 6.61 Å². The molecule has 1 aromatic heterocycles. The lowest BCUT2D eigenvalue weighted by molar-refractivity contribution is 0.306. The van der Waals surface area contributed by atoms with Crippen molar-refractivity contribution in [2.45, 2.75) is 13.0 Å². The zero-order valence-electron chi connectivity index (χ0n) is 11.7. The monoisotopic (exact) mass is 300 g/mol. The minimum absolute atomic E-state index is 0.452. The molecule has 0 amide bonds. The molecule has 2 heterocycles. The van der Waals surface area contributed by atoms with E-state index in [2.05, 4.69) is 28.5 Å². The third-order valence-electron chi connectivity index (χ3n) is 3.54. The van der Waals surface area contributed by atoms with E-state index in [-0.39, 0.29) is 0 Å². The Morgan fingerprint density at radius 3 is 2.76 bits per heavy atom. The topological polar surface area (TPSA) is 34.1 Å². The van der Waals surface area contributed by atoms with Gasteiger partial charge in [-0.15, -0.1) is 0 Å². The Bertz CT molecular complexity index is 637. The van der Waals surface area contributed by atoms with Gasteiger partial charge in [0.1, 0.15) is 12.4 Å². The average molecular weight is 301 g/mol. The first kappa shape index (κ1) is 14.1. The summed E-state index contributed by atoms with van der Waals surface area (Å²) in [6.45, 7) is 2.45. The number of pyridine rings is 1. The van der Waals surface area contributed by atoms with Gasteiger partial charge in [-0.2, -0.15) is 0 Å². The van der Waals surface area contributed by atoms with Gasteiger partial charge in [0.05, 0.1) is 5.02 Å². The lowest BCUT2D eigenvalue weighted by atomic mass is 10.0. The first-order chi connectivity index (χ1) is 10.3. The molecule has 3 nitrogen and oxygen atoms in total. The summed E-state index contributed by atoms with van der Waals surface area (Å²) in [4.78, 5) is 3.96. The molecule has 0 spiro atoms. The molecular weight excluding hydrogens is 284 g/mol. The predicted octanol–water partition coefficient (Wildman–Crippen LogP) is 3.69. The summed E-state index contributed by atoms with van der Waals surface area (Å²) in [6, 6.07) is 10.1. The minimum atomic E-state index is 0.452.